The Balaban J connectivity index is 1.07. The van der Waals surface area contributed by atoms with E-state index in [0.29, 0.717) is 24.4 Å². The normalized spacial score (nSPS) is 25.0. The number of benzene rings is 3. The van der Waals surface area contributed by atoms with E-state index in [1.165, 1.54) is 6.20 Å². The summed E-state index contributed by atoms with van der Waals surface area (Å²) in [6, 6.07) is 22.9. The van der Waals surface area contributed by atoms with E-state index in [1.54, 1.807) is 0 Å². The predicted molar refractivity (Wildman–Crippen MR) is 167 cm³/mol. The van der Waals surface area contributed by atoms with Crippen LogP contribution in [0.25, 0.3) is 11.0 Å². The standard InChI is InChI=1S/C35H38N4O6/c1-23-31(21-39-16-14-35(15-17-39)42-18-19-43-35)44-34(45-32(23)25-8-6-24(22-40)7-9-25)26-10-12-27(13-11-26)37-33(41)30-20-36-28-4-2-3-5-29(28)38-30/h2-13,20,23,31-32,34,40H,14-19,21-22H2,1H3,(H,37,41)/t23-,31+,32+,34+/m1/s1. The van der Waals surface area contributed by atoms with Crippen molar-refractivity contribution in [1.82, 2.24) is 14.9 Å². The van der Waals surface area contributed by atoms with E-state index in [9.17, 15) is 9.90 Å². The minimum absolute atomic E-state index is 0.00404. The number of likely N-dealkylation sites (tertiary alicyclic amines) is 1. The first-order chi connectivity index (χ1) is 22.0. The molecule has 10 nitrogen and oxygen atoms in total. The highest BCUT2D eigenvalue weighted by molar-refractivity contribution is 6.03. The van der Waals surface area contributed by atoms with Gasteiger partial charge in [0, 0.05) is 49.6 Å². The molecule has 0 bridgehead atoms. The van der Waals surface area contributed by atoms with Crippen LogP contribution in [-0.2, 0) is 25.6 Å². The van der Waals surface area contributed by atoms with Gasteiger partial charge in [0.1, 0.15) is 5.69 Å². The van der Waals surface area contributed by atoms with Crippen molar-refractivity contribution in [3.8, 4) is 0 Å². The number of aromatic nitrogens is 2. The number of carbonyl (C=O) groups excluding carboxylic acids is 1. The largest absolute Gasteiger partial charge is 0.392 e. The minimum atomic E-state index is -0.595. The molecule has 3 aromatic carbocycles. The summed E-state index contributed by atoms with van der Waals surface area (Å²) in [5.41, 5.74) is 5.05. The fourth-order valence-corrected chi connectivity index (χ4v) is 6.43. The highest BCUT2D eigenvalue weighted by Crippen LogP contribution is 2.42. The van der Waals surface area contributed by atoms with Crippen LogP contribution >= 0.6 is 0 Å². The van der Waals surface area contributed by atoms with Crippen LogP contribution in [0.5, 0.6) is 0 Å². The molecule has 3 fully saturated rings. The van der Waals surface area contributed by atoms with Gasteiger partial charge < -0.3 is 34.3 Å². The molecule has 45 heavy (non-hydrogen) atoms. The number of anilines is 1. The fourth-order valence-electron chi connectivity index (χ4n) is 6.43. The third-order valence-corrected chi connectivity index (χ3v) is 9.11. The van der Waals surface area contributed by atoms with Gasteiger partial charge >= 0.3 is 0 Å². The van der Waals surface area contributed by atoms with Gasteiger partial charge in [-0.1, -0.05) is 55.5 Å². The first-order valence-electron chi connectivity index (χ1n) is 15.6. The average Bonchev–Trinajstić information content (AvgIpc) is 3.54. The van der Waals surface area contributed by atoms with Crippen LogP contribution in [0, 0.1) is 5.92 Å². The Bertz CT molecular complexity index is 1620. The van der Waals surface area contributed by atoms with E-state index in [-0.39, 0.29) is 36.3 Å². The number of hydrogen-bond acceptors (Lipinski definition) is 9. The molecule has 7 rings (SSSR count). The van der Waals surface area contributed by atoms with Crippen LogP contribution in [0.2, 0.25) is 0 Å². The molecule has 0 unspecified atom stereocenters. The van der Waals surface area contributed by atoms with E-state index in [4.69, 9.17) is 18.9 Å². The quantitative estimate of drug-likeness (QED) is 0.298. The first kappa shape index (κ1) is 29.9. The number of aliphatic hydroxyl groups excluding tert-OH is 1. The molecule has 0 saturated carbocycles. The molecule has 4 aromatic rings. The molecule has 1 amide bonds. The highest BCUT2D eigenvalue weighted by atomic mass is 16.7. The third-order valence-electron chi connectivity index (χ3n) is 9.11. The molecular weight excluding hydrogens is 572 g/mol. The number of carbonyl (C=O) groups is 1. The lowest BCUT2D eigenvalue weighted by Crippen LogP contribution is -2.50. The van der Waals surface area contributed by atoms with Gasteiger partial charge in [-0.05, 0) is 35.4 Å². The SMILES string of the molecule is C[C@@H]1[C@H](CN2CCC3(CC2)OCCO3)O[C@H](c2ccc(NC(=O)c3cnc4ccccc4n3)cc2)O[C@@H]1c1ccc(CO)cc1. The van der Waals surface area contributed by atoms with Gasteiger partial charge in [0.15, 0.2) is 12.1 Å². The fraction of sp³-hybridized carbons (Fsp3) is 0.400. The molecule has 1 aromatic heterocycles. The van der Waals surface area contributed by atoms with E-state index in [1.807, 2.05) is 72.8 Å². The average molecular weight is 611 g/mol. The Hall–Kier alpha value is -3.77. The second kappa shape index (κ2) is 12.9. The van der Waals surface area contributed by atoms with Crippen molar-refractivity contribution < 1.29 is 28.8 Å². The molecule has 10 heteroatoms. The van der Waals surface area contributed by atoms with Crippen LogP contribution in [0.15, 0.2) is 79.0 Å². The van der Waals surface area contributed by atoms with E-state index in [0.717, 1.165) is 54.7 Å². The number of amides is 1. The number of hydrogen-bond donors (Lipinski definition) is 2. The van der Waals surface area contributed by atoms with Crippen molar-refractivity contribution in [3.05, 3.63) is 101 Å². The van der Waals surface area contributed by atoms with Gasteiger partial charge in [-0.3, -0.25) is 9.78 Å². The topological polar surface area (TPSA) is 115 Å². The Morgan fingerprint density at radius 2 is 1.62 bits per heavy atom. The lowest BCUT2D eigenvalue weighted by atomic mass is 9.89. The lowest BCUT2D eigenvalue weighted by molar-refractivity contribution is -0.278. The van der Waals surface area contributed by atoms with Gasteiger partial charge in [-0.2, -0.15) is 0 Å². The molecule has 1 spiro atoms. The molecule has 3 saturated heterocycles. The van der Waals surface area contributed by atoms with Crippen molar-refractivity contribution in [2.75, 3.05) is 38.2 Å². The van der Waals surface area contributed by atoms with Gasteiger partial charge in [0.05, 0.1) is 49.3 Å². The second-order valence-electron chi connectivity index (χ2n) is 12.1. The third kappa shape index (κ3) is 6.48. The molecular formula is C35H38N4O6. The number of para-hydroxylation sites is 2. The number of rotatable bonds is 7. The summed E-state index contributed by atoms with van der Waals surface area (Å²) >= 11 is 0. The van der Waals surface area contributed by atoms with Crippen LogP contribution in [0.3, 0.4) is 0 Å². The van der Waals surface area contributed by atoms with Crippen LogP contribution in [0.4, 0.5) is 5.69 Å². The van der Waals surface area contributed by atoms with Crippen molar-refractivity contribution >= 4 is 22.6 Å². The molecule has 3 aliphatic heterocycles. The Labute approximate surface area is 262 Å². The van der Waals surface area contributed by atoms with Crippen LogP contribution in [0.1, 0.15) is 59.3 Å². The zero-order chi connectivity index (χ0) is 30.8. The number of nitrogens with one attached hydrogen (secondary N) is 1. The molecule has 234 valence electrons. The second-order valence-corrected chi connectivity index (χ2v) is 12.1. The van der Waals surface area contributed by atoms with Crippen molar-refractivity contribution in [1.29, 1.82) is 0 Å². The summed E-state index contributed by atoms with van der Waals surface area (Å²) in [4.78, 5) is 24.2. The Morgan fingerprint density at radius 1 is 0.933 bits per heavy atom. The zero-order valence-electron chi connectivity index (χ0n) is 25.3. The maximum atomic E-state index is 12.9. The summed E-state index contributed by atoms with van der Waals surface area (Å²) in [6.07, 6.45) is 2.29. The van der Waals surface area contributed by atoms with Crippen molar-refractivity contribution in [2.24, 2.45) is 5.92 Å². The van der Waals surface area contributed by atoms with Gasteiger partial charge in [0.25, 0.3) is 5.91 Å². The minimum Gasteiger partial charge on any atom is -0.392 e. The van der Waals surface area contributed by atoms with Gasteiger partial charge in [0.2, 0.25) is 0 Å². The Morgan fingerprint density at radius 3 is 2.33 bits per heavy atom. The Kier molecular flexibility index (Phi) is 8.59. The van der Waals surface area contributed by atoms with Crippen LogP contribution < -0.4 is 5.32 Å². The van der Waals surface area contributed by atoms with Crippen molar-refractivity contribution in [2.45, 2.75) is 50.7 Å². The number of ether oxygens (including phenoxy) is 4. The monoisotopic (exact) mass is 610 g/mol. The summed E-state index contributed by atoms with van der Waals surface area (Å²) in [5, 5.41) is 12.5. The molecule has 4 atom stereocenters. The number of aliphatic hydroxyl groups is 1. The summed E-state index contributed by atoms with van der Waals surface area (Å²) in [7, 11) is 0. The molecule has 0 radical (unpaired) electrons. The van der Waals surface area contributed by atoms with Crippen molar-refractivity contribution in [3.63, 3.8) is 0 Å². The number of fused-ring (bicyclic) bond motifs is 1. The van der Waals surface area contributed by atoms with E-state index < -0.39 is 12.1 Å². The number of piperidine rings is 1. The predicted octanol–water partition coefficient (Wildman–Crippen LogP) is 5.00. The van der Waals surface area contributed by atoms with Gasteiger partial charge in [-0.25, -0.2) is 4.98 Å². The van der Waals surface area contributed by atoms with Crippen LogP contribution in [-0.4, -0.2) is 70.6 Å². The highest BCUT2D eigenvalue weighted by Gasteiger charge is 2.43. The molecule has 2 N–H and O–H groups in total. The molecule has 4 heterocycles. The lowest BCUT2D eigenvalue weighted by Gasteiger charge is -2.44. The van der Waals surface area contributed by atoms with E-state index in [2.05, 4.69) is 27.1 Å². The smallest absolute Gasteiger partial charge is 0.275 e. The maximum Gasteiger partial charge on any atom is 0.275 e. The summed E-state index contributed by atoms with van der Waals surface area (Å²) < 4.78 is 25.2. The first-order valence-corrected chi connectivity index (χ1v) is 15.6. The van der Waals surface area contributed by atoms with Gasteiger partial charge in [-0.15, -0.1) is 0 Å². The summed E-state index contributed by atoms with van der Waals surface area (Å²) in [6.45, 7) is 6.03. The maximum absolute atomic E-state index is 12.9. The van der Waals surface area contributed by atoms with E-state index >= 15 is 0 Å². The molecule has 0 aliphatic carbocycles. The number of nitrogens with zero attached hydrogens (tertiary/aromatic N) is 3. The molecule has 3 aliphatic rings. The zero-order valence-corrected chi connectivity index (χ0v) is 25.3. The summed E-state index contributed by atoms with van der Waals surface area (Å²) in [5.74, 6) is -0.670.